The largest absolute Gasteiger partial charge is 0.379 e. The van der Waals surface area contributed by atoms with Crippen molar-refractivity contribution in [3.05, 3.63) is 29.8 Å². The van der Waals surface area contributed by atoms with Gasteiger partial charge in [0.25, 0.3) is 0 Å². The third-order valence-electron chi connectivity index (χ3n) is 5.56. The fourth-order valence-electron chi connectivity index (χ4n) is 3.73. The highest BCUT2D eigenvalue weighted by Gasteiger charge is 2.30. The molecule has 0 aliphatic carbocycles. The van der Waals surface area contributed by atoms with Gasteiger partial charge in [0.15, 0.2) is 0 Å². The van der Waals surface area contributed by atoms with Crippen molar-refractivity contribution in [3.8, 4) is 0 Å². The summed E-state index contributed by atoms with van der Waals surface area (Å²) in [5.74, 6) is 0.306. The molecule has 2 fully saturated rings. The summed E-state index contributed by atoms with van der Waals surface area (Å²) in [6, 6.07) is 6.97. The van der Waals surface area contributed by atoms with Gasteiger partial charge in [-0.25, -0.2) is 8.42 Å². The Bertz CT molecular complexity index is 737. The van der Waals surface area contributed by atoms with Crippen LogP contribution in [0.1, 0.15) is 24.8 Å². The first-order valence-corrected chi connectivity index (χ1v) is 11.5. The van der Waals surface area contributed by atoms with Crippen LogP contribution in [-0.2, 0) is 19.6 Å². The number of carbonyl (C=O) groups excluding carboxylic acids is 1. The molecule has 1 aromatic carbocycles. The number of amides is 1. The lowest BCUT2D eigenvalue weighted by Gasteiger charge is -2.31. The number of nitrogens with one attached hydrogen (secondary N) is 1. The van der Waals surface area contributed by atoms with Crippen LogP contribution in [0.4, 0.5) is 0 Å². The number of sulfonamides is 1. The van der Waals surface area contributed by atoms with Gasteiger partial charge in [-0.1, -0.05) is 17.7 Å². The van der Waals surface area contributed by atoms with Gasteiger partial charge in [-0.05, 0) is 37.8 Å². The van der Waals surface area contributed by atoms with Gasteiger partial charge in [0, 0.05) is 45.7 Å². The zero-order chi connectivity index (χ0) is 20.0. The maximum atomic E-state index is 12.8. The topological polar surface area (TPSA) is 79.0 Å². The Morgan fingerprint density at radius 3 is 2.39 bits per heavy atom. The normalized spacial score (nSPS) is 20.2. The van der Waals surface area contributed by atoms with Crippen LogP contribution in [-0.4, -0.2) is 76.0 Å². The zero-order valence-electron chi connectivity index (χ0n) is 16.6. The van der Waals surface area contributed by atoms with Gasteiger partial charge in [0.2, 0.25) is 15.9 Å². The molecule has 3 rings (SSSR count). The second-order valence-corrected chi connectivity index (χ2v) is 9.61. The fourth-order valence-corrected chi connectivity index (χ4v) is 5.20. The number of ether oxygens (including phenoxy) is 1. The van der Waals surface area contributed by atoms with Gasteiger partial charge in [-0.3, -0.25) is 9.69 Å². The van der Waals surface area contributed by atoms with Crippen molar-refractivity contribution in [2.75, 3.05) is 52.5 Å². The summed E-state index contributed by atoms with van der Waals surface area (Å²) in [5.41, 5.74) is 1.04. The molecule has 0 saturated carbocycles. The van der Waals surface area contributed by atoms with Gasteiger partial charge in [-0.2, -0.15) is 4.31 Å². The molecule has 0 radical (unpaired) electrons. The highest BCUT2D eigenvalue weighted by atomic mass is 32.2. The number of piperidine rings is 1. The van der Waals surface area contributed by atoms with Crippen LogP contribution in [0.2, 0.25) is 0 Å². The summed E-state index contributed by atoms with van der Waals surface area (Å²) in [4.78, 5) is 14.8. The minimum atomic E-state index is -3.44. The molecule has 0 bridgehead atoms. The number of hydrogen-bond donors (Lipinski definition) is 1. The summed E-state index contributed by atoms with van der Waals surface area (Å²) < 4.78 is 32.4. The van der Waals surface area contributed by atoms with Crippen LogP contribution >= 0.6 is 0 Å². The Labute approximate surface area is 168 Å². The average molecular weight is 410 g/mol. The van der Waals surface area contributed by atoms with E-state index in [9.17, 15) is 13.2 Å². The molecule has 0 spiro atoms. The van der Waals surface area contributed by atoms with Crippen LogP contribution in [0.15, 0.2) is 29.2 Å². The van der Waals surface area contributed by atoms with Crippen molar-refractivity contribution in [3.63, 3.8) is 0 Å². The molecule has 2 aliphatic rings. The van der Waals surface area contributed by atoms with Crippen LogP contribution in [0.3, 0.4) is 0 Å². The van der Waals surface area contributed by atoms with E-state index in [2.05, 4.69) is 10.2 Å². The molecule has 7 nitrogen and oxygen atoms in total. The summed E-state index contributed by atoms with van der Waals surface area (Å²) in [7, 11) is -3.44. The molecule has 0 unspecified atom stereocenters. The Kier molecular flexibility index (Phi) is 7.45. The van der Waals surface area contributed by atoms with E-state index in [4.69, 9.17) is 4.74 Å². The predicted octanol–water partition coefficient (Wildman–Crippen LogP) is 1.23. The van der Waals surface area contributed by atoms with Crippen molar-refractivity contribution >= 4 is 15.9 Å². The molecular weight excluding hydrogens is 378 g/mol. The molecule has 28 heavy (non-hydrogen) atoms. The molecule has 156 valence electrons. The Balaban J connectivity index is 1.39. The number of benzene rings is 1. The van der Waals surface area contributed by atoms with Crippen molar-refractivity contribution in [1.29, 1.82) is 0 Å². The highest BCUT2D eigenvalue weighted by molar-refractivity contribution is 7.89. The van der Waals surface area contributed by atoms with Crippen molar-refractivity contribution < 1.29 is 17.9 Å². The van der Waals surface area contributed by atoms with E-state index in [0.29, 0.717) is 31.0 Å². The molecule has 0 aromatic heterocycles. The summed E-state index contributed by atoms with van der Waals surface area (Å²) >= 11 is 0. The zero-order valence-corrected chi connectivity index (χ0v) is 17.4. The molecule has 1 aromatic rings. The molecule has 2 aliphatic heterocycles. The van der Waals surface area contributed by atoms with Crippen LogP contribution in [0, 0.1) is 12.8 Å². The summed E-state index contributed by atoms with van der Waals surface area (Å²) in [6.45, 7) is 7.75. The number of nitrogens with zero attached hydrogens (tertiary/aromatic N) is 2. The van der Waals surface area contributed by atoms with Crippen LogP contribution in [0.5, 0.6) is 0 Å². The quantitative estimate of drug-likeness (QED) is 0.733. The van der Waals surface area contributed by atoms with Gasteiger partial charge in [-0.15, -0.1) is 0 Å². The summed E-state index contributed by atoms with van der Waals surface area (Å²) in [6.07, 6.45) is 1.92. The lowest BCUT2D eigenvalue weighted by Crippen LogP contribution is -2.42. The first-order valence-electron chi connectivity index (χ1n) is 10.1. The van der Waals surface area contributed by atoms with Crippen molar-refractivity contribution in [1.82, 2.24) is 14.5 Å². The number of aryl methyl sites for hydroxylation is 1. The molecule has 1 amide bonds. The van der Waals surface area contributed by atoms with E-state index in [1.807, 2.05) is 19.1 Å². The predicted molar refractivity (Wildman–Crippen MR) is 108 cm³/mol. The van der Waals surface area contributed by atoms with Crippen LogP contribution in [0.25, 0.3) is 0 Å². The van der Waals surface area contributed by atoms with Gasteiger partial charge >= 0.3 is 0 Å². The maximum Gasteiger partial charge on any atom is 0.243 e. The van der Waals surface area contributed by atoms with Crippen molar-refractivity contribution in [2.45, 2.75) is 31.1 Å². The smallest absolute Gasteiger partial charge is 0.243 e. The second kappa shape index (κ2) is 9.82. The van der Waals surface area contributed by atoms with E-state index in [1.165, 1.54) is 0 Å². The lowest BCUT2D eigenvalue weighted by molar-refractivity contribution is -0.122. The first kappa shape index (κ1) is 21.2. The van der Waals surface area contributed by atoms with Crippen molar-refractivity contribution in [2.24, 2.45) is 5.92 Å². The monoisotopic (exact) mass is 409 g/mol. The van der Waals surface area contributed by atoms with E-state index >= 15 is 0 Å². The molecule has 2 heterocycles. The average Bonchev–Trinajstić information content (AvgIpc) is 2.69. The standard InChI is InChI=1S/C20H31N3O4S/c1-17-2-4-19(5-3-17)28(25,26)23-9-6-18(7-10-23)16-20(24)21-8-11-22-12-14-27-15-13-22/h2-5,18H,6-16H2,1H3,(H,21,24). The molecule has 1 N–H and O–H groups in total. The maximum absolute atomic E-state index is 12.8. The fraction of sp³-hybridized carbons (Fsp3) is 0.650. The number of rotatable bonds is 7. The summed E-state index contributed by atoms with van der Waals surface area (Å²) in [5, 5.41) is 3.00. The molecular formula is C20H31N3O4S. The van der Waals surface area contributed by atoms with Gasteiger partial charge in [0.1, 0.15) is 0 Å². The second-order valence-electron chi connectivity index (χ2n) is 7.67. The van der Waals surface area contributed by atoms with E-state index in [1.54, 1.807) is 16.4 Å². The van der Waals surface area contributed by atoms with E-state index in [0.717, 1.165) is 51.3 Å². The minimum absolute atomic E-state index is 0.0631. The van der Waals surface area contributed by atoms with Gasteiger partial charge in [0.05, 0.1) is 18.1 Å². The highest BCUT2D eigenvalue weighted by Crippen LogP contribution is 2.25. The van der Waals surface area contributed by atoms with Gasteiger partial charge < -0.3 is 10.1 Å². The first-order chi connectivity index (χ1) is 13.4. The Morgan fingerprint density at radius 2 is 1.75 bits per heavy atom. The molecule has 8 heteroatoms. The molecule has 0 atom stereocenters. The Morgan fingerprint density at radius 1 is 1.11 bits per heavy atom. The molecule has 2 saturated heterocycles. The van der Waals surface area contributed by atoms with E-state index in [-0.39, 0.29) is 11.8 Å². The van der Waals surface area contributed by atoms with E-state index < -0.39 is 10.0 Å². The third kappa shape index (κ3) is 5.76. The number of hydrogen-bond acceptors (Lipinski definition) is 5. The third-order valence-corrected chi connectivity index (χ3v) is 7.47. The number of carbonyl (C=O) groups is 1. The SMILES string of the molecule is Cc1ccc(S(=O)(=O)N2CCC(CC(=O)NCCN3CCOCC3)CC2)cc1. The Hall–Kier alpha value is -1.48. The number of morpholine rings is 1. The minimum Gasteiger partial charge on any atom is -0.379 e. The lowest BCUT2D eigenvalue weighted by atomic mass is 9.94. The van der Waals surface area contributed by atoms with Crippen LogP contribution < -0.4 is 5.32 Å².